The van der Waals surface area contributed by atoms with Crippen molar-refractivity contribution < 1.29 is 27.1 Å². The molecule has 0 heterocycles. The lowest BCUT2D eigenvalue weighted by Gasteiger charge is -2.05. The van der Waals surface area contributed by atoms with Gasteiger partial charge in [0.05, 0.1) is 11.8 Å². The van der Waals surface area contributed by atoms with E-state index in [9.17, 15) is 17.8 Å². The van der Waals surface area contributed by atoms with Crippen molar-refractivity contribution >= 4 is 21.8 Å². The summed E-state index contributed by atoms with van der Waals surface area (Å²) in [5, 5.41) is 0. The molecule has 0 bridgehead atoms. The number of carbonyl (C=O) groups excluding carboxylic acids is 1. The molecule has 0 aliphatic rings. The molecule has 7 heteroatoms. The van der Waals surface area contributed by atoms with Gasteiger partial charge in [-0.25, -0.2) is 13.0 Å². The molecular weight excluding hydrogens is 366 g/mol. The van der Waals surface area contributed by atoms with Crippen LogP contribution in [0.4, 0.5) is 0 Å². The molecule has 0 fully saturated rings. The number of carbonyl (C=O) groups is 1. The number of nitrogens with zero attached hydrogens (tertiary/aromatic N) is 1. The van der Waals surface area contributed by atoms with Crippen LogP contribution in [0.15, 0.2) is 53.4 Å². The number of Topliss-reactive ketones (excluding diaryl/α,β-unsaturated/α-hetero) is 1. The third-order valence-corrected chi connectivity index (χ3v) is 4.57. The smallest absolute Gasteiger partial charge is 0.333 e. The van der Waals surface area contributed by atoms with Crippen LogP contribution < -0.4 is 0 Å². The Hall–Kier alpha value is -2.51. The largest absolute Gasteiger partial charge is 0.744 e. The third kappa shape index (κ3) is 8.15. The maximum atomic E-state index is 11.7. The highest BCUT2D eigenvalue weighted by atomic mass is 32.2. The van der Waals surface area contributed by atoms with Crippen LogP contribution in [0.25, 0.3) is 0 Å². The van der Waals surface area contributed by atoms with Crippen molar-refractivity contribution in [1.29, 1.82) is 0 Å². The van der Waals surface area contributed by atoms with Crippen LogP contribution in [0, 0.1) is 13.8 Å². The van der Waals surface area contributed by atoms with Crippen molar-refractivity contribution in [1.82, 2.24) is 0 Å². The van der Waals surface area contributed by atoms with Crippen LogP contribution in [-0.4, -0.2) is 49.9 Å². The Morgan fingerprint density at radius 3 is 1.81 bits per heavy atom. The van der Waals surface area contributed by atoms with Gasteiger partial charge in [-0.2, -0.15) is 0 Å². The first kappa shape index (κ1) is 22.5. The average Bonchev–Trinajstić information content (AvgIpc) is 2.60. The van der Waals surface area contributed by atoms with E-state index in [-0.39, 0.29) is 17.3 Å². The Kier molecular flexibility index (Phi) is 8.33. The molecule has 2 aromatic carbocycles. The summed E-state index contributed by atoms with van der Waals surface area (Å²) < 4.78 is 38.3. The number of aryl methyl sites for hydroxylation is 2. The first-order chi connectivity index (χ1) is 12.5. The van der Waals surface area contributed by atoms with Gasteiger partial charge in [0, 0.05) is 5.56 Å². The Labute approximate surface area is 160 Å². The fourth-order valence-electron chi connectivity index (χ4n) is 1.83. The molecule has 0 N–H and O–H groups in total. The van der Waals surface area contributed by atoms with Crippen LogP contribution in [0.5, 0.6) is 0 Å². The second-order valence-electron chi connectivity index (χ2n) is 6.26. The number of ketones is 1. The first-order valence-electron chi connectivity index (χ1n) is 8.27. The minimum absolute atomic E-state index is 0.00111. The zero-order valence-corrected chi connectivity index (χ0v) is 17.0. The van der Waals surface area contributed by atoms with Crippen molar-refractivity contribution in [2.45, 2.75) is 25.7 Å². The minimum atomic E-state index is -4.27. The van der Waals surface area contributed by atoms with Crippen LogP contribution in [0.3, 0.4) is 0 Å². The third-order valence-electron chi connectivity index (χ3n) is 3.73. The zero-order valence-electron chi connectivity index (χ0n) is 16.2. The Morgan fingerprint density at radius 1 is 0.963 bits per heavy atom. The fourth-order valence-corrected chi connectivity index (χ4v) is 2.30. The number of hydrogen-bond donors (Lipinski definition) is 0. The minimum Gasteiger partial charge on any atom is -0.744 e. The monoisotopic (exact) mass is 391 g/mol. The summed E-state index contributed by atoms with van der Waals surface area (Å²) in [5.41, 5.74) is 2.77. The van der Waals surface area contributed by atoms with Gasteiger partial charge in [-0.1, -0.05) is 47.5 Å². The fraction of sp³-hybridized carbons (Fsp3) is 0.300. The number of ether oxygens (including phenoxy) is 1. The summed E-state index contributed by atoms with van der Waals surface area (Å²) in [6, 6.07) is 13.3. The molecule has 27 heavy (non-hydrogen) atoms. The first-order valence-corrected chi connectivity index (χ1v) is 9.67. The van der Waals surface area contributed by atoms with E-state index < -0.39 is 10.1 Å². The maximum absolute atomic E-state index is 11.7. The Morgan fingerprint density at radius 2 is 1.41 bits per heavy atom. The summed E-state index contributed by atoms with van der Waals surface area (Å²) in [5.74, 6) is 0.738. The Bertz CT molecular complexity index is 894. The molecule has 0 spiro atoms. The molecule has 146 valence electrons. The second kappa shape index (κ2) is 9.99. The summed E-state index contributed by atoms with van der Waals surface area (Å²) in [6.07, 6.45) is 0. The highest BCUT2D eigenvalue weighted by Crippen LogP contribution is 2.08. The van der Waals surface area contributed by atoms with Gasteiger partial charge in [0.1, 0.15) is 24.2 Å². The second-order valence-corrected chi connectivity index (χ2v) is 7.64. The Balaban J connectivity index is 0.000000289. The van der Waals surface area contributed by atoms with Gasteiger partial charge in [-0.05, 0) is 26.0 Å². The molecule has 0 saturated carbocycles. The standard InChI is InChI=1S/C13H18NO2.C7H8O3S/c1-10-5-7-12(8-6-10)13(15)9-16-11(2)14(3)4;1-6-2-4-7(5-3-6)11(8,9)10/h5-8H,9H2,1-4H3;2-5H,1H3,(H,8,9,10)/q+1;/p-1. The normalized spacial score (nSPS) is 10.4. The molecule has 0 radical (unpaired) electrons. The van der Waals surface area contributed by atoms with Crippen molar-refractivity contribution in [3.05, 3.63) is 65.2 Å². The molecule has 0 aromatic heterocycles. The molecule has 0 aliphatic heterocycles. The molecule has 6 nitrogen and oxygen atoms in total. The van der Waals surface area contributed by atoms with Crippen LogP contribution in [0.1, 0.15) is 28.4 Å². The number of benzene rings is 2. The van der Waals surface area contributed by atoms with Gasteiger partial charge < -0.3 is 9.29 Å². The molecule has 2 rings (SSSR count). The van der Waals surface area contributed by atoms with E-state index in [0.717, 1.165) is 17.0 Å². The van der Waals surface area contributed by atoms with Gasteiger partial charge >= 0.3 is 5.90 Å². The molecule has 0 atom stereocenters. The van der Waals surface area contributed by atoms with E-state index in [1.807, 2.05) is 63.7 Å². The molecule has 2 aromatic rings. The van der Waals surface area contributed by atoms with Crippen molar-refractivity contribution in [3.63, 3.8) is 0 Å². The van der Waals surface area contributed by atoms with Crippen LogP contribution >= 0.6 is 0 Å². The van der Waals surface area contributed by atoms with Gasteiger partial charge in [-0.3, -0.25) is 4.79 Å². The van der Waals surface area contributed by atoms with Crippen LogP contribution in [-0.2, 0) is 14.9 Å². The number of hydrogen-bond acceptors (Lipinski definition) is 5. The van der Waals surface area contributed by atoms with E-state index in [0.29, 0.717) is 5.56 Å². The van der Waals surface area contributed by atoms with E-state index in [1.54, 1.807) is 12.1 Å². The average molecular weight is 391 g/mol. The molecule has 0 saturated heterocycles. The molecule has 0 unspecified atom stereocenters. The number of rotatable bonds is 4. The summed E-state index contributed by atoms with van der Waals surface area (Å²) in [7, 11) is -0.508. The summed E-state index contributed by atoms with van der Waals surface area (Å²) in [6.45, 7) is 5.74. The van der Waals surface area contributed by atoms with Gasteiger partial charge in [0.2, 0.25) is 0 Å². The predicted molar refractivity (Wildman–Crippen MR) is 103 cm³/mol. The van der Waals surface area contributed by atoms with Gasteiger partial charge in [0.25, 0.3) is 0 Å². The van der Waals surface area contributed by atoms with E-state index in [4.69, 9.17) is 4.74 Å². The quantitative estimate of drug-likeness (QED) is 0.263. The zero-order chi connectivity index (χ0) is 20.6. The lowest BCUT2D eigenvalue weighted by atomic mass is 10.1. The van der Waals surface area contributed by atoms with Crippen molar-refractivity contribution in [2.24, 2.45) is 0 Å². The molecular formula is C20H25NO5S. The highest BCUT2D eigenvalue weighted by molar-refractivity contribution is 7.85. The highest BCUT2D eigenvalue weighted by Gasteiger charge is 2.09. The predicted octanol–water partition coefficient (Wildman–Crippen LogP) is 2.78. The van der Waals surface area contributed by atoms with E-state index in [1.165, 1.54) is 12.1 Å². The van der Waals surface area contributed by atoms with Gasteiger partial charge in [0.15, 0.2) is 12.4 Å². The summed E-state index contributed by atoms with van der Waals surface area (Å²) >= 11 is 0. The SMILES string of the molecule is CC(OCC(=O)c1ccc(C)cc1)=[N+](C)C.Cc1ccc(S(=O)(=O)[O-])cc1. The van der Waals surface area contributed by atoms with Gasteiger partial charge in [-0.15, -0.1) is 0 Å². The molecule has 0 aliphatic carbocycles. The molecule has 0 amide bonds. The van der Waals surface area contributed by atoms with Crippen LogP contribution in [0.2, 0.25) is 0 Å². The van der Waals surface area contributed by atoms with Crippen molar-refractivity contribution in [3.8, 4) is 0 Å². The van der Waals surface area contributed by atoms with Crippen molar-refractivity contribution in [2.75, 3.05) is 20.7 Å². The lowest BCUT2D eigenvalue weighted by Crippen LogP contribution is -2.18. The summed E-state index contributed by atoms with van der Waals surface area (Å²) in [4.78, 5) is 11.5. The van der Waals surface area contributed by atoms with E-state index >= 15 is 0 Å². The van der Waals surface area contributed by atoms with E-state index in [2.05, 4.69) is 0 Å². The maximum Gasteiger partial charge on any atom is 0.333 e. The lowest BCUT2D eigenvalue weighted by molar-refractivity contribution is -0.474. The topological polar surface area (TPSA) is 86.5 Å².